The summed E-state index contributed by atoms with van der Waals surface area (Å²) in [7, 11) is 0. The minimum absolute atomic E-state index is 0.179. The molecule has 0 bridgehead atoms. The van der Waals surface area contributed by atoms with Crippen LogP contribution in [0, 0.1) is 0 Å². The average molecular weight is 516 g/mol. The molecule has 37 heavy (non-hydrogen) atoms. The summed E-state index contributed by atoms with van der Waals surface area (Å²) in [6, 6.07) is 21.1. The first-order valence-electron chi connectivity index (χ1n) is 12.3. The highest BCUT2D eigenvalue weighted by atomic mass is 35.5. The number of carbonyl (C=O) groups is 2. The van der Waals surface area contributed by atoms with E-state index in [9.17, 15) is 9.59 Å². The van der Waals surface area contributed by atoms with Gasteiger partial charge >= 0.3 is 0 Å². The maximum atomic E-state index is 13.5. The van der Waals surface area contributed by atoms with Crippen molar-refractivity contribution in [1.82, 2.24) is 9.80 Å². The monoisotopic (exact) mass is 515 g/mol. The molecular weight excluding hydrogens is 490 g/mol. The Morgan fingerprint density at radius 1 is 0.865 bits per heavy atom. The van der Waals surface area contributed by atoms with Crippen LogP contribution in [-0.4, -0.2) is 61.1 Å². The smallest absolute Gasteiger partial charge is 0.263 e. The van der Waals surface area contributed by atoms with Gasteiger partial charge in [0, 0.05) is 37.8 Å². The number of hydrogen-bond acceptors (Lipinski definition) is 6. The fourth-order valence-electron chi connectivity index (χ4n) is 5.08. The Balaban J connectivity index is 1.14. The summed E-state index contributed by atoms with van der Waals surface area (Å²) in [6.45, 7) is 4.15. The van der Waals surface area contributed by atoms with Gasteiger partial charge in [-0.2, -0.15) is 0 Å². The Bertz CT molecular complexity index is 1380. The van der Waals surface area contributed by atoms with Crippen LogP contribution >= 0.6 is 11.6 Å². The van der Waals surface area contributed by atoms with Crippen LogP contribution in [0.1, 0.15) is 31.8 Å². The number of rotatable bonds is 6. The van der Waals surface area contributed by atoms with Crippen molar-refractivity contribution in [3.63, 3.8) is 0 Å². The van der Waals surface area contributed by atoms with Crippen molar-refractivity contribution < 1.29 is 19.1 Å². The van der Waals surface area contributed by atoms with Gasteiger partial charge in [0.15, 0.2) is 11.5 Å². The van der Waals surface area contributed by atoms with Gasteiger partial charge in [0.1, 0.15) is 0 Å². The number of nitrogens with zero attached hydrogens (tertiary/aromatic N) is 3. The van der Waals surface area contributed by atoms with E-state index in [1.165, 1.54) is 4.90 Å². The lowest BCUT2D eigenvalue weighted by atomic mass is 10.1. The molecular formula is C29H26ClN3O4. The van der Waals surface area contributed by atoms with E-state index in [-0.39, 0.29) is 25.2 Å². The van der Waals surface area contributed by atoms with E-state index in [0.717, 1.165) is 48.0 Å². The Morgan fingerprint density at radius 2 is 1.65 bits per heavy atom. The van der Waals surface area contributed by atoms with Gasteiger partial charge in [-0.05, 0) is 41.5 Å². The molecule has 1 fully saturated rings. The molecule has 8 heteroatoms. The van der Waals surface area contributed by atoms with Crippen LogP contribution in [-0.2, 0) is 6.54 Å². The second-order valence-electron chi connectivity index (χ2n) is 9.35. The molecule has 188 valence electrons. The molecule has 0 aliphatic carbocycles. The number of piperazine rings is 1. The molecule has 3 aromatic carbocycles. The maximum absolute atomic E-state index is 13.5. The third-order valence-electron chi connectivity index (χ3n) is 6.97. The first-order valence-corrected chi connectivity index (χ1v) is 12.7. The van der Waals surface area contributed by atoms with Gasteiger partial charge in [-0.25, -0.2) is 0 Å². The van der Waals surface area contributed by atoms with Gasteiger partial charge in [-0.1, -0.05) is 54.1 Å². The number of hydrogen-bond donors (Lipinski definition) is 0. The second kappa shape index (κ2) is 9.92. The van der Waals surface area contributed by atoms with Crippen molar-refractivity contribution >= 4 is 35.2 Å². The number of amides is 2. The van der Waals surface area contributed by atoms with Crippen molar-refractivity contribution in [3.8, 4) is 11.5 Å². The van der Waals surface area contributed by atoms with Crippen molar-refractivity contribution in [2.75, 3.05) is 44.4 Å². The van der Waals surface area contributed by atoms with Gasteiger partial charge in [-0.15, -0.1) is 0 Å². The molecule has 0 aromatic heterocycles. The molecule has 0 N–H and O–H groups in total. The summed E-state index contributed by atoms with van der Waals surface area (Å²) < 4.78 is 10.8. The Labute approximate surface area is 220 Å². The highest BCUT2D eigenvalue weighted by molar-refractivity contribution is 6.31. The highest BCUT2D eigenvalue weighted by Crippen LogP contribution is 2.36. The van der Waals surface area contributed by atoms with E-state index < -0.39 is 0 Å². The predicted molar refractivity (Wildman–Crippen MR) is 142 cm³/mol. The Morgan fingerprint density at radius 3 is 2.46 bits per heavy atom. The molecule has 3 aliphatic heterocycles. The lowest BCUT2D eigenvalue weighted by molar-refractivity contribution is 0.0642. The van der Waals surface area contributed by atoms with E-state index in [1.807, 2.05) is 66.7 Å². The van der Waals surface area contributed by atoms with E-state index in [0.29, 0.717) is 29.2 Å². The minimum Gasteiger partial charge on any atom is -0.454 e. The molecule has 0 atom stereocenters. The number of carbonyl (C=O) groups excluding carboxylic acids is 2. The Kier molecular flexibility index (Phi) is 6.32. The molecule has 1 saturated heterocycles. The Hall–Kier alpha value is -3.81. The topological polar surface area (TPSA) is 62.3 Å². The minimum atomic E-state index is -0.268. The predicted octanol–water partition coefficient (Wildman–Crippen LogP) is 4.61. The van der Waals surface area contributed by atoms with Gasteiger partial charge in [-0.3, -0.25) is 19.4 Å². The number of ether oxygens (including phenoxy) is 2. The third kappa shape index (κ3) is 4.68. The summed E-state index contributed by atoms with van der Waals surface area (Å²) in [5, 5.41) is 0.792. The van der Waals surface area contributed by atoms with Crippen LogP contribution in [0.4, 0.5) is 5.69 Å². The molecule has 0 saturated carbocycles. The van der Waals surface area contributed by atoms with E-state index in [2.05, 4.69) is 9.80 Å². The second-order valence-corrected chi connectivity index (χ2v) is 9.83. The van der Waals surface area contributed by atoms with Crippen molar-refractivity contribution in [2.45, 2.75) is 6.54 Å². The number of anilines is 1. The molecule has 0 spiro atoms. The number of fused-ring (bicyclic) bond motifs is 2. The number of halogens is 1. The van der Waals surface area contributed by atoms with E-state index >= 15 is 0 Å². The lowest BCUT2D eigenvalue weighted by Crippen LogP contribution is -2.47. The summed E-state index contributed by atoms with van der Waals surface area (Å²) in [4.78, 5) is 32.5. The summed E-state index contributed by atoms with van der Waals surface area (Å²) in [5.41, 5.74) is 3.66. The van der Waals surface area contributed by atoms with Crippen LogP contribution in [0.3, 0.4) is 0 Å². The highest BCUT2D eigenvalue weighted by Gasteiger charge is 2.39. The SMILES string of the molecule is O=C1c2cccc(N3CCN(CC(Cl)=Cc4ccccc4)CC3)c2C(=O)N1Cc1ccc2c(c1)OCO2. The van der Waals surface area contributed by atoms with Crippen LogP contribution in [0.15, 0.2) is 71.8 Å². The zero-order chi connectivity index (χ0) is 25.4. The van der Waals surface area contributed by atoms with Crippen molar-refractivity contribution in [3.05, 3.63) is 94.0 Å². The van der Waals surface area contributed by atoms with Gasteiger partial charge < -0.3 is 14.4 Å². The maximum Gasteiger partial charge on any atom is 0.263 e. The first-order chi connectivity index (χ1) is 18.1. The van der Waals surface area contributed by atoms with Crippen LogP contribution in [0.5, 0.6) is 11.5 Å². The van der Waals surface area contributed by atoms with Gasteiger partial charge in [0.2, 0.25) is 6.79 Å². The van der Waals surface area contributed by atoms with Crippen LogP contribution in [0.2, 0.25) is 0 Å². The lowest BCUT2D eigenvalue weighted by Gasteiger charge is -2.36. The quantitative estimate of drug-likeness (QED) is 0.447. The normalized spacial score (nSPS) is 17.5. The molecule has 0 unspecified atom stereocenters. The fraction of sp³-hybridized carbons (Fsp3) is 0.241. The summed E-state index contributed by atoms with van der Waals surface area (Å²) >= 11 is 6.53. The van der Waals surface area contributed by atoms with Crippen LogP contribution in [0.25, 0.3) is 6.08 Å². The zero-order valence-electron chi connectivity index (χ0n) is 20.2. The van der Waals surface area contributed by atoms with Crippen LogP contribution < -0.4 is 14.4 Å². The summed E-state index contributed by atoms with van der Waals surface area (Å²) in [5.74, 6) is 0.774. The molecule has 0 radical (unpaired) electrons. The van der Waals surface area contributed by atoms with Crippen molar-refractivity contribution in [1.29, 1.82) is 0 Å². The third-order valence-corrected chi connectivity index (χ3v) is 7.19. The molecule has 6 rings (SSSR count). The molecule has 3 aliphatic rings. The fourth-order valence-corrected chi connectivity index (χ4v) is 5.38. The standard InChI is InChI=1S/C29H26ClN3O4/c30-22(15-20-5-2-1-3-6-20)18-31-11-13-32(14-12-31)24-8-4-7-23-27(24)29(35)33(28(23)34)17-21-9-10-25-26(16-21)37-19-36-25/h1-10,15-16H,11-14,17-19H2. The largest absolute Gasteiger partial charge is 0.454 e. The molecule has 7 nitrogen and oxygen atoms in total. The van der Waals surface area contributed by atoms with Gasteiger partial charge in [0.25, 0.3) is 11.8 Å². The number of imide groups is 1. The summed E-state index contributed by atoms with van der Waals surface area (Å²) in [6.07, 6.45) is 2.00. The van der Waals surface area contributed by atoms with Crippen molar-refractivity contribution in [2.24, 2.45) is 0 Å². The molecule has 3 aromatic rings. The average Bonchev–Trinajstić information content (AvgIpc) is 3.48. The van der Waals surface area contributed by atoms with E-state index in [1.54, 1.807) is 6.07 Å². The van der Waals surface area contributed by atoms with Gasteiger partial charge in [0.05, 0.1) is 23.4 Å². The number of benzene rings is 3. The first kappa shape index (κ1) is 23.6. The molecule has 2 amide bonds. The molecule has 3 heterocycles. The van der Waals surface area contributed by atoms with E-state index in [4.69, 9.17) is 21.1 Å². The zero-order valence-corrected chi connectivity index (χ0v) is 21.0.